The topological polar surface area (TPSA) is 23.0 Å². The number of rotatable bonds is 3. The Balaban J connectivity index is 1.04. The molecule has 3 heterocycles. The van der Waals surface area contributed by atoms with E-state index in [4.69, 9.17) is 4.42 Å². The van der Waals surface area contributed by atoms with Crippen LogP contribution in [-0.4, -0.2) is 9.13 Å². The van der Waals surface area contributed by atoms with E-state index in [-0.39, 0.29) is 0 Å². The number of aromatic nitrogens is 2. The third kappa shape index (κ3) is 4.05. The molecule has 0 N–H and O–H groups in total. The highest BCUT2D eigenvalue weighted by Gasteiger charge is 2.17. The Hall–Kier alpha value is -7.10. The van der Waals surface area contributed by atoms with Crippen molar-refractivity contribution in [1.29, 1.82) is 0 Å². The molecule has 12 aromatic rings. The zero-order chi connectivity index (χ0) is 34.6. The fourth-order valence-electron chi connectivity index (χ4n) is 8.93. The maximum Gasteiger partial charge on any atom is 0.136 e. The minimum absolute atomic E-state index is 0.923. The number of hydrogen-bond acceptors (Lipinski definition) is 1. The molecule has 0 aliphatic heterocycles. The van der Waals surface area contributed by atoms with Crippen LogP contribution in [0.1, 0.15) is 0 Å². The van der Waals surface area contributed by atoms with E-state index in [0.717, 1.165) is 22.2 Å². The summed E-state index contributed by atoms with van der Waals surface area (Å²) < 4.78 is 11.1. The molecule has 0 aliphatic rings. The molecule has 3 heteroatoms. The highest BCUT2D eigenvalue weighted by molar-refractivity contribution is 6.26. The van der Waals surface area contributed by atoms with Crippen LogP contribution >= 0.6 is 0 Å². The van der Waals surface area contributed by atoms with Gasteiger partial charge in [-0.3, -0.25) is 0 Å². The van der Waals surface area contributed by atoms with Crippen molar-refractivity contribution in [2.45, 2.75) is 0 Å². The Morgan fingerprint density at radius 2 is 0.868 bits per heavy atom. The predicted octanol–water partition coefficient (Wildman–Crippen LogP) is 13.8. The standard InChI is InChI=1S/C50H30N2O/c1-2-10-35(11-3-1)51-43-15-7-4-12-38(43)41-29-32(20-25-45(41)51)33-21-26-46-42(30-33)39-13-5-8-16-44(39)52(46)36-23-24-37-34(28-36)19-18-31-22-27-48-50(49(31)37)40-14-6-9-17-47(40)53-48/h1-30H. The smallest absolute Gasteiger partial charge is 0.136 e. The van der Waals surface area contributed by atoms with Crippen LogP contribution in [0.25, 0.3) is 110 Å². The van der Waals surface area contributed by atoms with Crippen LogP contribution in [0, 0.1) is 0 Å². The van der Waals surface area contributed by atoms with E-state index in [1.807, 2.05) is 6.07 Å². The highest BCUT2D eigenvalue weighted by atomic mass is 16.3. The van der Waals surface area contributed by atoms with Gasteiger partial charge in [-0.05, 0) is 100 Å². The molecule has 0 amide bonds. The van der Waals surface area contributed by atoms with Crippen LogP contribution in [0.3, 0.4) is 0 Å². The van der Waals surface area contributed by atoms with E-state index in [2.05, 4.69) is 185 Å². The van der Waals surface area contributed by atoms with Gasteiger partial charge in [0, 0.05) is 49.1 Å². The summed E-state index contributed by atoms with van der Waals surface area (Å²) in [5.41, 5.74) is 11.4. The number of nitrogens with zero attached hydrogens (tertiary/aromatic N) is 2. The van der Waals surface area contributed by atoms with Gasteiger partial charge in [-0.2, -0.15) is 0 Å². The molecule has 0 bridgehead atoms. The van der Waals surface area contributed by atoms with Crippen molar-refractivity contribution < 1.29 is 4.42 Å². The van der Waals surface area contributed by atoms with Gasteiger partial charge in [0.25, 0.3) is 0 Å². The molecular formula is C50H30N2O. The Morgan fingerprint density at radius 1 is 0.302 bits per heavy atom. The maximum atomic E-state index is 6.28. The lowest BCUT2D eigenvalue weighted by molar-refractivity contribution is 0.669. The summed E-state index contributed by atoms with van der Waals surface area (Å²) in [5, 5.41) is 12.3. The van der Waals surface area contributed by atoms with Gasteiger partial charge in [0.05, 0.1) is 22.1 Å². The van der Waals surface area contributed by atoms with E-state index in [1.54, 1.807) is 0 Å². The van der Waals surface area contributed by atoms with Crippen LogP contribution < -0.4 is 0 Å². The van der Waals surface area contributed by atoms with Crippen molar-refractivity contribution in [3.05, 3.63) is 182 Å². The summed E-state index contributed by atoms with van der Waals surface area (Å²) >= 11 is 0. The Kier molecular flexibility index (Phi) is 5.77. The molecule has 0 fully saturated rings. The van der Waals surface area contributed by atoms with Gasteiger partial charge < -0.3 is 13.6 Å². The van der Waals surface area contributed by atoms with Crippen molar-refractivity contribution >= 4 is 87.1 Å². The van der Waals surface area contributed by atoms with Gasteiger partial charge in [0.1, 0.15) is 11.2 Å². The van der Waals surface area contributed by atoms with Gasteiger partial charge in [0.15, 0.2) is 0 Å². The number of furan rings is 1. The summed E-state index contributed by atoms with van der Waals surface area (Å²) in [7, 11) is 0. The summed E-state index contributed by atoms with van der Waals surface area (Å²) in [5.74, 6) is 0. The summed E-state index contributed by atoms with van der Waals surface area (Å²) in [6.45, 7) is 0. The zero-order valence-corrected chi connectivity index (χ0v) is 28.6. The molecule has 246 valence electrons. The molecule has 0 saturated heterocycles. The van der Waals surface area contributed by atoms with Crippen LogP contribution in [0.15, 0.2) is 186 Å². The Morgan fingerprint density at radius 3 is 1.58 bits per heavy atom. The Bertz CT molecular complexity index is 3450. The van der Waals surface area contributed by atoms with Gasteiger partial charge in [0.2, 0.25) is 0 Å². The fraction of sp³-hybridized carbons (Fsp3) is 0. The molecule has 3 nitrogen and oxygen atoms in total. The second-order valence-corrected chi connectivity index (χ2v) is 14.1. The van der Waals surface area contributed by atoms with E-state index in [0.29, 0.717) is 0 Å². The lowest BCUT2D eigenvalue weighted by Crippen LogP contribution is -1.94. The number of fused-ring (bicyclic) bond motifs is 13. The normalized spacial score (nSPS) is 12.2. The lowest BCUT2D eigenvalue weighted by Gasteiger charge is -2.12. The van der Waals surface area contributed by atoms with E-state index in [9.17, 15) is 0 Å². The second kappa shape index (κ2) is 10.7. The summed E-state index contributed by atoms with van der Waals surface area (Å²) in [4.78, 5) is 0. The van der Waals surface area contributed by atoms with Crippen molar-refractivity contribution in [1.82, 2.24) is 9.13 Å². The first kappa shape index (κ1) is 28.6. The molecule has 3 aromatic heterocycles. The van der Waals surface area contributed by atoms with Gasteiger partial charge in [-0.15, -0.1) is 0 Å². The van der Waals surface area contributed by atoms with E-state index < -0.39 is 0 Å². The number of benzene rings is 9. The highest BCUT2D eigenvalue weighted by Crippen LogP contribution is 2.41. The molecule has 0 atom stereocenters. The van der Waals surface area contributed by atoms with E-state index in [1.165, 1.54) is 87.4 Å². The molecule has 0 saturated carbocycles. The third-order valence-corrected chi connectivity index (χ3v) is 11.3. The van der Waals surface area contributed by atoms with Crippen molar-refractivity contribution in [3.63, 3.8) is 0 Å². The SMILES string of the molecule is c1ccc(-n2c3ccccc3c3cc(-c4ccc5c(c4)c4ccccc4n5-c4ccc5c(ccc6ccc7oc8ccccc8c7c65)c4)ccc32)cc1. The van der Waals surface area contributed by atoms with Gasteiger partial charge in [-0.25, -0.2) is 0 Å². The quantitative estimate of drug-likeness (QED) is 0.171. The summed E-state index contributed by atoms with van der Waals surface area (Å²) in [6.07, 6.45) is 0. The van der Waals surface area contributed by atoms with Crippen LogP contribution in [0.4, 0.5) is 0 Å². The predicted molar refractivity (Wildman–Crippen MR) is 223 cm³/mol. The first-order valence-electron chi connectivity index (χ1n) is 18.2. The minimum atomic E-state index is 0.923. The molecule has 9 aromatic carbocycles. The first-order chi connectivity index (χ1) is 26.3. The van der Waals surface area contributed by atoms with Crippen molar-refractivity contribution in [3.8, 4) is 22.5 Å². The molecule has 53 heavy (non-hydrogen) atoms. The van der Waals surface area contributed by atoms with Crippen molar-refractivity contribution in [2.24, 2.45) is 0 Å². The monoisotopic (exact) mass is 674 g/mol. The molecule has 0 radical (unpaired) electrons. The number of hydrogen-bond donors (Lipinski definition) is 0. The fourth-order valence-corrected chi connectivity index (χ4v) is 8.93. The molecule has 0 unspecified atom stereocenters. The lowest BCUT2D eigenvalue weighted by atomic mass is 9.97. The van der Waals surface area contributed by atoms with Crippen LogP contribution in [0.5, 0.6) is 0 Å². The average Bonchev–Trinajstić information content (AvgIpc) is 3.88. The average molecular weight is 675 g/mol. The third-order valence-electron chi connectivity index (χ3n) is 11.3. The van der Waals surface area contributed by atoms with Crippen LogP contribution in [-0.2, 0) is 0 Å². The van der Waals surface area contributed by atoms with E-state index >= 15 is 0 Å². The molecule has 0 aliphatic carbocycles. The second-order valence-electron chi connectivity index (χ2n) is 14.1. The first-order valence-corrected chi connectivity index (χ1v) is 18.2. The largest absolute Gasteiger partial charge is 0.456 e. The number of para-hydroxylation sites is 4. The van der Waals surface area contributed by atoms with Gasteiger partial charge >= 0.3 is 0 Å². The van der Waals surface area contributed by atoms with Gasteiger partial charge in [-0.1, -0.05) is 109 Å². The minimum Gasteiger partial charge on any atom is -0.456 e. The summed E-state index contributed by atoms with van der Waals surface area (Å²) in [6, 6.07) is 66.1. The Labute approximate surface area is 304 Å². The molecular weight excluding hydrogens is 645 g/mol. The molecule has 12 rings (SSSR count). The molecule has 0 spiro atoms. The van der Waals surface area contributed by atoms with Crippen LogP contribution in [0.2, 0.25) is 0 Å². The maximum absolute atomic E-state index is 6.28. The van der Waals surface area contributed by atoms with Crippen molar-refractivity contribution in [2.75, 3.05) is 0 Å². The zero-order valence-electron chi connectivity index (χ0n) is 28.6.